The Morgan fingerprint density at radius 1 is 1.00 bits per heavy atom. The normalized spacial score (nSPS) is 33.0. The zero-order valence-electron chi connectivity index (χ0n) is 6.48. The molecule has 0 fully saturated rings. The van der Waals surface area contributed by atoms with Crippen molar-refractivity contribution < 1.29 is 35.1 Å². The van der Waals surface area contributed by atoms with Crippen LogP contribution in [0, 0.1) is 0 Å². The van der Waals surface area contributed by atoms with Gasteiger partial charge in [0.2, 0.25) is 6.17 Å². The quantitative estimate of drug-likeness (QED) is 0.583. The molecule has 0 radical (unpaired) electrons. The minimum Gasteiger partial charge on any atom is -0.233 e. The molecule has 88 valence electrons. The fraction of sp³-hybridized carbons (Fsp3) is 0.667. The molecule has 0 aromatic rings. The topological polar surface area (TPSA) is 0 Å². The minimum absolute atomic E-state index is 2.54. The van der Waals surface area contributed by atoms with Crippen molar-refractivity contribution in [2.75, 3.05) is 0 Å². The van der Waals surface area contributed by atoms with E-state index in [4.69, 9.17) is 0 Å². The number of alkyl halides is 7. The van der Waals surface area contributed by atoms with E-state index >= 15 is 0 Å². The van der Waals surface area contributed by atoms with Crippen LogP contribution in [0.1, 0.15) is 0 Å². The number of allylic oxidation sites excluding steroid dienone is 2. The SMILES string of the molecule is FC1=C(Cl)C(F)(F)C(F)(F)C(F)(F)C1F. The smallest absolute Gasteiger partial charge is 0.233 e. The highest BCUT2D eigenvalue weighted by atomic mass is 35.5. The minimum atomic E-state index is -6.08. The monoisotopic (exact) mass is 260 g/mol. The number of rotatable bonds is 0. The van der Waals surface area contributed by atoms with Crippen LogP contribution in [-0.2, 0) is 0 Å². The lowest BCUT2D eigenvalue weighted by molar-refractivity contribution is -0.317. The fourth-order valence-electron chi connectivity index (χ4n) is 0.927. The molecule has 0 heterocycles. The molecule has 1 aliphatic carbocycles. The predicted octanol–water partition coefficient (Wildman–Crippen LogP) is 3.66. The Balaban J connectivity index is 3.49. The van der Waals surface area contributed by atoms with E-state index in [-0.39, 0.29) is 0 Å². The van der Waals surface area contributed by atoms with Crippen LogP contribution in [0.15, 0.2) is 10.9 Å². The summed E-state index contributed by atoms with van der Waals surface area (Å²) in [6, 6.07) is 0. The van der Waals surface area contributed by atoms with E-state index in [9.17, 15) is 35.1 Å². The van der Waals surface area contributed by atoms with Gasteiger partial charge in [-0.05, 0) is 0 Å². The van der Waals surface area contributed by atoms with Gasteiger partial charge in [0.15, 0.2) is 5.83 Å². The Kier molecular flexibility index (Phi) is 2.50. The molecule has 1 aliphatic rings. The van der Waals surface area contributed by atoms with Crippen molar-refractivity contribution in [1.82, 2.24) is 0 Å². The van der Waals surface area contributed by atoms with Crippen molar-refractivity contribution in [3.05, 3.63) is 10.9 Å². The van der Waals surface area contributed by atoms with Gasteiger partial charge in [0, 0.05) is 0 Å². The lowest BCUT2D eigenvalue weighted by Gasteiger charge is -2.37. The molecule has 1 rings (SSSR count). The summed E-state index contributed by atoms with van der Waals surface area (Å²) < 4.78 is 99.2. The summed E-state index contributed by atoms with van der Waals surface area (Å²) in [4.78, 5) is 0. The van der Waals surface area contributed by atoms with E-state index in [1.165, 1.54) is 0 Å². The molecule has 15 heavy (non-hydrogen) atoms. The third kappa shape index (κ3) is 1.26. The van der Waals surface area contributed by atoms with Crippen molar-refractivity contribution in [2.24, 2.45) is 0 Å². The second kappa shape index (κ2) is 2.99. The van der Waals surface area contributed by atoms with Gasteiger partial charge < -0.3 is 0 Å². The highest BCUT2D eigenvalue weighted by Gasteiger charge is 2.80. The van der Waals surface area contributed by atoms with E-state index in [0.717, 1.165) is 0 Å². The summed E-state index contributed by atoms with van der Waals surface area (Å²) in [6.45, 7) is 0. The summed E-state index contributed by atoms with van der Waals surface area (Å²) in [5.74, 6) is -20.3. The van der Waals surface area contributed by atoms with Crippen LogP contribution < -0.4 is 0 Å². The lowest BCUT2D eigenvalue weighted by atomic mass is 9.93. The van der Waals surface area contributed by atoms with Crippen LogP contribution in [-0.4, -0.2) is 23.9 Å². The second-order valence-electron chi connectivity index (χ2n) is 2.80. The molecule has 0 bridgehead atoms. The van der Waals surface area contributed by atoms with Gasteiger partial charge in [-0.25, -0.2) is 8.78 Å². The van der Waals surface area contributed by atoms with Crippen molar-refractivity contribution in [3.8, 4) is 0 Å². The maximum atomic E-state index is 12.5. The molecule has 0 saturated carbocycles. The molecule has 0 nitrogen and oxygen atoms in total. The fourth-order valence-corrected chi connectivity index (χ4v) is 1.14. The summed E-state index contributed by atoms with van der Waals surface area (Å²) in [7, 11) is 0. The van der Waals surface area contributed by atoms with Gasteiger partial charge in [-0.3, -0.25) is 0 Å². The average Bonchev–Trinajstić information content (AvgIpc) is 2.12. The first kappa shape index (κ1) is 12.5. The van der Waals surface area contributed by atoms with Gasteiger partial charge in [0.25, 0.3) is 0 Å². The highest BCUT2D eigenvalue weighted by molar-refractivity contribution is 6.31. The van der Waals surface area contributed by atoms with E-state index in [0.29, 0.717) is 0 Å². The number of hydrogen-bond donors (Lipinski definition) is 0. The van der Waals surface area contributed by atoms with Crippen LogP contribution in [0.3, 0.4) is 0 Å². The summed E-state index contributed by atoms with van der Waals surface area (Å²) in [5, 5.41) is -2.54. The Morgan fingerprint density at radius 2 is 1.40 bits per heavy atom. The van der Waals surface area contributed by atoms with E-state index in [1.807, 2.05) is 0 Å². The Labute approximate surface area is 82.5 Å². The summed E-state index contributed by atoms with van der Waals surface area (Å²) in [6.07, 6.45) is -4.18. The van der Waals surface area contributed by atoms with Crippen LogP contribution in [0.2, 0.25) is 0 Å². The Hall–Kier alpha value is -0.530. The van der Waals surface area contributed by atoms with Crippen LogP contribution in [0.4, 0.5) is 35.1 Å². The van der Waals surface area contributed by atoms with Crippen molar-refractivity contribution >= 4 is 11.6 Å². The van der Waals surface area contributed by atoms with Gasteiger partial charge in [0.05, 0.1) is 0 Å². The van der Waals surface area contributed by atoms with E-state index in [2.05, 4.69) is 11.6 Å². The Morgan fingerprint density at radius 3 is 1.80 bits per heavy atom. The van der Waals surface area contributed by atoms with Crippen LogP contribution in [0.5, 0.6) is 0 Å². The van der Waals surface area contributed by atoms with Gasteiger partial charge in [0.1, 0.15) is 5.03 Å². The third-order valence-electron chi connectivity index (χ3n) is 1.84. The molecular weight excluding hydrogens is 260 g/mol. The largest absolute Gasteiger partial charge is 0.380 e. The van der Waals surface area contributed by atoms with Crippen molar-refractivity contribution in [2.45, 2.75) is 23.9 Å². The first-order chi connectivity index (χ1) is 6.48. The second-order valence-corrected chi connectivity index (χ2v) is 3.17. The standard InChI is InChI=1S/C6HClF8/c7-2-1(8)3(9)5(12,13)6(14,15)4(2,10)11/h3H. The molecule has 0 saturated heterocycles. The molecule has 1 atom stereocenters. The van der Waals surface area contributed by atoms with E-state index < -0.39 is 34.8 Å². The molecular formula is C6HClF8. The summed E-state index contributed by atoms with van der Waals surface area (Å²) in [5.41, 5.74) is 0. The third-order valence-corrected chi connectivity index (χ3v) is 2.26. The first-order valence-electron chi connectivity index (χ1n) is 3.31. The number of hydrogen-bond acceptors (Lipinski definition) is 0. The van der Waals surface area contributed by atoms with Crippen LogP contribution in [0.25, 0.3) is 0 Å². The van der Waals surface area contributed by atoms with Gasteiger partial charge >= 0.3 is 17.8 Å². The first-order valence-corrected chi connectivity index (χ1v) is 3.69. The maximum Gasteiger partial charge on any atom is 0.380 e. The van der Waals surface area contributed by atoms with Crippen LogP contribution >= 0.6 is 11.6 Å². The predicted molar refractivity (Wildman–Crippen MR) is 33.7 cm³/mol. The number of halogens is 9. The molecule has 0 spiro atoms. The molecule has 9 heteroatoms. The zero-order valence-corrected chi connectivity index (χ0v) is 7.23. The molecule has 0 aromatic heterocycles. The molecule has 0 aromatic carbocycles. The molecule has 0 amide bonds. The Bertz CT molecular complexity index is 319. The van der Waals surface area contributed by atoms with Crippen molar-refractivity contribution in [1.29, 1.82) is 0 Å². The maximum absolute atomic E-state index is 12.5. The molecule has 1 unspecified atom stereocenters. The summed E-state index contributed by atoms with van der Waals surface area (Å²) >= 11 is 4.37. The lowest BCUT2D eigenvalue weighted by Crippen LogP contribution is -2.62. The van der Waals surface area contributed by atoms with Gasteiger partial charge in [-0.15, -0.1) is 0 Å². The van der Waals surface area contributed by atoms with Gasteiger partial charge in [-0.1, -0.05) is 11.6 Å². The zero-order chi connectivity index (χ0) is 12.2. The highest BCUT2D eigenvalue weighted by Crippen LogP contribution is 2.57. The van der Waals surface area contributed by atoms with E-state index in [1.54, 1.807) is 0 Å². The molecule has 0 N–H and O–H groups in total. The molecule has 0 aliphatic heterocycles. The van der Waals surface area contributed by atoms with Crippen molar-refractivity contribution in [3.63, 3.8) is 0 Å². The average molecular weight is 261 g/mol. The van der Waals surface area contributed by atoms with Gasteiger partial charge in [-0.2, -0.15) is 26.3 Å².